The molecule has 3 heterocycles. The number of aryl methyl sites for hydroxylation is 1. The van der Waals surface area contributed by atoms with Gasteiger partial charge in [0.15, 0.2) is 0 Å². The monoisotopic (exact) mass is 335 g/mol. The first kappa shape index (κ1) is 15.8. The van der Waals surface area contributed by atoms with E-state index in [0.29, 0.717) is 0 Å². The summed E-state index contributed by atoms with van der Waals surface area (Å²) in [6, 6.07) is 18.0. The number of rotatable bonds is 3. The van der Waals surface area contributed by atoms with E-state index in [9.17, 15) is 4.79 Å². The number of hydrogen-bond donors (Lipinski definition) is 1. The standard InChI is InChI=1S/C20H22N4O/c1-16-6-5-9-19-21-17(14-20(25)24(16)19)15-22-10-12-23(13-11-22)18-7-3-2-4-8-18/h2-9,14H,10-13,15H2,1H3/p+1. The van der Waals surface area contributed by atoms with Crippen LogP contribution in [-0.4, -0.2) is 35.6 Å². The number of benzene rings is 1. The summed E-state index contributed by atoms with van der Waals surface area (Å²) in [4.78, 5) is 21.0. The molecule has 5 nitrogen and oxygen atoms in total. The molecule has 2 aromatic heterocycles. The highest BCUT2D eigenvalue weighted by Crippen LogP contribution is 2.12. The smallest absolute Gasteiger partial charge is 0.258 e. The van der Waals surface area contributed by atoms with Gasteiger partial charge in [-0.2, -0.15) is 0 Å². The highest BCUT2D eigenvalue weighted by atomic mass is 16.1. The molecule has 3 aromatic rings. The van der Waals surface area contributed by atoms with E-state index in [4.69, 9.17) is 4.98 Å². The fourth-order valence-corrected chi connectivity index (χ4v) is 3.61. The lowest BCUT2D eigenvalue weighted by molar-refractivity contribution is -0.914. The van der Waals surface area contributed by atoms with Crippen molar-refractivity contribution in [2.45, 2.75) is 13.5 Å². The Morgan fingerprint density at radius 1 is 1.04 bits per heavy atom. The Bertz CT molecular complexity index is 927. The van der Waals surface area contributed by atoms with E-state index in [0.717, 1.165) is 49.8 Å². The highest BCUT2D eigenvalue weighted by molar-refractivity contribution is 5.46. The van der Waals surface area contributed by atoms with Gasteiger partial charge in [0.25, 0.3) is 5.56 Å². The summed E-state index contributed by atoms with van der Waals surface area (Å²) in [5.41, 5.74) is 3.86. The van der Waals surface area contributed by atoms with Crippen molar-refractivity contribution in [2.75, 3.05) is 31.1 Å². The van der Waals surface area contributed by atoms with Gasteiger partial charge >= 0.3 is 0 Å². The molecule has 0 radical (unpaired) electrons. The van der Waals surface area contributed by atoms with Crippen LogP contribution < -0.4 is 15.4 Å². The molecule has 5 heteroatoms. The quantitative estimate of drug-likeness (QED) is 0.774. The molecule has 0 bridgehead atoms. The fraction of sp³-hybridized carbons (Fsp3) is 0.300. The molecule has 0 amide bonds. The van der Waals surface area contributed by atoms with Gasteiger partial charge in [-0.1, -0.05) is 24.3 Å². The molecule has 1 saturated heterocycles. The van der Waals surface area contributed by atoms with Gasteiger partial charge in [0.1, 0.15) is 17.9 Å². The number of pyridine rings is 1. The number of anilines is 1. The van der Waals surface area contributed by atoms with E-state index in [1.54, 1.807) is 10.5 Å². The summed E-state index contributed by atoms with van der Waals surface area (Å²) < 4.78 is 1.67. The number of nitrogens with one attached hydrogen (secondary N) is 1. The number of para-hydroxylation sites is 1. The van der Waals surface area contributed by atoms with Crippen molar-refractivity contribution in [1.82, 2.24) is 9.38 Å². The number of aromatic nitrogens is 2. The largest absolute Gasteiger partial charge is 0.360 e. The minimum Gasteiger partial charge on any atom is -0.360 e. The summed E-state index contributed by atoms with van der Waals surface area (Å²) in [5, 5.41) is 0. The molecule has 0 unspecified atom stereocenters. The maximum atomic E-state index is 12.4. The third-order valence-corrected chi connectivity index (χ3v) is 4.96. The molecular formula is C20H23N4O+. The zero-order valence-corrected chi connectivity index (χ0v) is 14.5. The predicted octanol–water partition coefficient (Wildman–Crippen LogP) is 0.908. The third-order valence-electron chi connectivity index (χ3n) is 4.96. The van der Waals surface area contributed by atoms with Crippen molar-refractivity contribution in [3.05, 3.63) is 76.3 Å². The van der Waals surface area contributed by atoms with E-state index in [-0.39, 0.29) is 5.56 Å². The second kappa shape index (κ2) is 6.69. The van der Waals surface area contributed by atoms with E-state index in [2.05, 4.69) is 35.2 Å². The maximum absolute atomic E-state index is 12.4. The number of fused-ring (bicyclic) bond motifs is 1. The van der Waals surface area contributed by atoms with Crippen molar-refractivity contribution in [3.63, 3.8) is 0 Å². The lowest BCUT2D eigenvalue weighted by Gasteiger charge is -2.33. The molecule has 1 aliphatic rings. The summed E-state index contributed by atoms with van der Waals surface area (Å²) in [6.07, 6.45) is 0. The van der Waals surface area contributed by atoms with Gasteiger partial charge in [-0.25, -0.2) is 4.98 Å². The topological polar surface area (TPSA) is 42.0 Å². The van der Waals surface area contributed by atoms with Gasteiger partial charge in [-0.3, -0.25) is 9.20 Å². The first-order valence-corrected chi connectivity index (χ1v) is 8.82. The molecule has 25 heavy (non-hydrogen) atoms. The normalized spacial score (nSPS) is 15.6. The minimum atomic E-state index is 0.0143. The Hall–Kier alpha value is -2.66. The summed E-state index contributed by atoms with van der Waals surface area (Å²) in [5.74, 6) is 0. The Kier molecular flexibility index (Phi) is 4.24. The number of hydrogen-bond acceptors (Lipinski definition) is 3. The molecule has 0 atom stereocenters. The molecule has 0 saturated carbocycles. The molecular weight excluding hydrogens is 312 g/mol. The first-order chi connectivity index (χ1) is 12.2. The first-order valence-electron chi connectivity index (χ1n) is 8.82. The number of nitrogens with zero attached hydrogens (tertiary/aromatic N) is 3. The zero-order valence-electron chi connectivity index (χ0n) is 14.5. The molecule has 1 fully saturated rings. The third kappa shape index (κ3) is 3.28. The maximum Gasteiger partial charge on any atom is 0.258 e. The van der Waals surface area contributed by atoms with Crippen molar-refractivity contribution in [2.24, 2.45) is 0 Å². The average Bonchev–Trinajstić information content (AvgIpc) is 2.63. The Balaban J connectivity index is 1.47. The molecule has 128 valence electrons. The lowest BCUT2D eigenvalue weighted by Crippen LogP contribution is -3.13. The Morgan fingerprint density at radius 3 is 2.56 bits per heavy atom. The van der Waals surface area contributed by atoms with Gasteiger partial charge in [0.2, 0.25) is 0 Å². The summed E-state index contributed by atoms with van der Waals surface area (Å²) >= 11 is 0. The van der Waals surface area contributed by atoms with E-state index in [1.165, 1.54) is 10.6 Å². The van der Waals surface area contributed by atoms with E-state index < -0.39 is 0 Å². The van der Waals surface area contributed by atoms with Crippen LogP contribution in [0.1, 0.15) is 11.4 Å². The van der Waals surface area contributed by atoms with Crippen LogP contribution in [0.5, 0.6) is 0 Å². The van der Waals surface area contributed by atoms with Crippen LogP contribution in [0.15, 0.2) is 59.4 Å². The fourth-order valence-electron chi connectivity index (χ4n) is 3.61. The number of quaternary nitrogens is 1. The average molecular weight is 335 g/mol. The molecule has 1 aliphatic heterocycles. The zero-order chi connectivity index (χ0) is 17.2. The lowest BCUT2D eigenvalue weighted by atomic mass is 10.2. The van der Waals surface area contributed by atoms with Crippen molar-refractivity contribution < 1.29 is 4.90 Å². The van der Waals surface area contributed by atoms with Crippen LogP contribution in [-0.2, 0) is 6.54 Å². The second-order valence-electron chi connectivity index (χ2n) is 6.70. The Labute approximate surface area is 147 Å². The van der Waals surface area contributed by atoms with Gasteiger partial charge in [0.05, 0.1) is 26.2 Å². The van der Waals surface area contributed by atoms with Crippen LogP contribution in [0.3, 0.4) is 0 Å². The van der Waals surface area contributed by atoms with Gasteiger partial charge in [0, 0.05) is 17.4 Å². The second-order valence-corrected chi connectivity index (χ2v) is 6.70. The molecule has 0 aliphatic carbocycles. The van der Waals surface area contributed by atoms with E-state index in [1.807, 2.05) is 25.1 Å². The minimum absolute atomic E-state index is 0.0143. The van der Waals surface area contributed by atoms with E-state index >= 15 is 0 Å². The van der Waals surface area contributed by atoms with Gasteiger partial charge in [-0.05, 0) is 31.2 Å². The van der Waals surface area contributed by atoms with Gasteiger partial charge < -0.3 is 9.80 Å². The highest BCUT2D eigenvalue weighted by Gasteiger charge is 2.21. The summed E-state index contributed by atoms with van der Waals surface area (Å²) in [6.45, 7) is 6.93. The van der Waals surface area contributed by atoms with Crippen LogP contribution in [0.25, 0.3) is 5.65 Å². The summed E-state index contributed by atoms with van der Waals surface area (Å²) in [7, 11) is 0. The molecule has 0 spiro atoms. The SMILES string of the molecule is Cc1cccc2nc(C[NH+]3CCN(c4ccccc4)CC3)cc(=O)n12. The van der Waals surface area contributed by atoms with Crippen LogP contribution in [0, 0.1) is 6.92 Å². The molecule has 1 N–H and O–H groups in total. The van der Waals surface area contributed by atoms with Crippen LogP contribution in [0.2, 0.25) is 0 Å². The van der Waals surface area contributed by atoms with Crippen molar-refractivity contribution in [3.8, 4) is 0 Å². The molecule has 4 rings (SSSR count). The number of piperazine rings is 1. The van der Waals surface area contributed by atoms with Crippen molar-refractivity contribution in [1.29, 1.82) is 0 Å². The van der Waals surface area contributed by atoms with Crippen LogP contribution >= 0.6 is 0 Å². The molecule has 1 aromatic carbocycles. The van der Waals surface area contributed by atoms with Crippen LogP contribution in [0.4, 0.5) is 5.69 Å². The van der Waals surface area contributed by atoms with Crippen molar-refractivity contribution >= 4 is 11.3 Å². The predicted molar refractivity (Wildman–Crippen MR) is 99.3 cm³/mol. The Morgan fingerprint density at radius 2 is 1.80 bits per heavy atom. The van der Waals surface area contributed by atoms with Gasteiger partial charge in [-0.15, -0.1) is 0 Å².